The molecule has 11 heteroatoms. The van der Waals surface area contributed by atoms with E-state index in [2.05, 4.69) is 75.8 Å². The van der Waals surface area contributed by atoms with Crippen LogP contribution in [-0.2, 0) is 39.8 Å². The van der Waals surface area contributed by atoms with Crippen LogP contribution < -0.4 is 4.74 Å². The molecule has 7 aromatic rings. The Bertz CT molecular complexity index is 3610. The third-order valence-corrected chi connectivity index (χ3v) is 13.2. The van der Waals surface area contributed by atoms with Crippen LogP contribution in [0.3, 0.4) is 0 Å². The minimum Gasteiger partial charge on any atom is -0.497 e. The summed E-state index contributed by atoms with van der Waals surface area (Å²) in [6.45, 7) is 13.2. The van der Waals surface area contributed by atoms with Crippen LogP contribution in [-0.4, -0.2) is 42.9 Å². The summed E-state index contributed by atoms with van der Waals surface area (Å²) in [6.07, 6.45) is 36.3. The summed E-state index contributed by atoms with van der Waals surface area (Å²) in [4.78, 5) is 11.0. The van der Waals surface area contributed by atoms with Gasteiger partial charge in [0.15, 0.2) is 0 Å². The molecule has 7 aromatic carbocycles. The van der Waals surface area contributed by atoms with E-state index < -0.39 is 20.2 Å². The van der Waals surface area contributed by atoms with Crippen molar-refractivity contribution in [2.45, 2.75) is 64.7 Å². The normalized spacial score (nSPS) is 9.49. The van der Waals surface area contributed by atoms with Crippen LogP contribution in [0.25, 0.3) is 0 Å². The van der Waals surface area contributed by atoms with Crippen molar-refractivity contribution >= 4 is 37.6 Å². The second-order valence-corrected chi connectivity index (χ2v) is 20.2. The molecule has 0 saturated heterocycles. The third-order valence-electron chi connectivity index (χ3n) is 10.4. The average Bonchev–Trinajstić information content (AvgIpc) is 3.44. The average molecular weight is 1110 g/mol. The van der Waals surface area contributed by atoms with E-state index in [-0.39, 0.29) is 28.8 Å². The van der Waals surface area contributed by atoms with Crippen LogP contribution in [0.5, 0.6) is 5.75 Å². The van der Waals surface area contributed by atoms with Gasteiger partial charge < -0.3 is 4.74 Å². The highest BCUT2D eigenvalue weighted by Gasteiger charge is 2.14. The number of halogens is 1. The zero-order chi connectivity index (χ0) is 59.4. The van der Waals surface area contributed by atoms with Crippen molar-refractivity contribution in [3.05, 3.63) is 230 Å². The number of ketones is 1. The van der Waals surface area contributed by atoms with E-state index >= 15 is 0 Å². The number of ether oxygens (including phenoxy) is 1. The van der Waals surface area contributed by atoms with E-state index in [4.69, 9.17) is 61.3 Å². The first kappa shape index (κ1) is 68.1. The summed E-state index contributed by atoms with van der Waals surface area (Å²) >= 11 is 5.60. The van der Waals surface area contributed by atoms with Gasteiger partial charge in [0.2, 0.25) is 0 Å². The van der Waals surface area contributed by atoms with Gasteiger partial charge in [0.25, 0.3) is 20.2 Å². The molecule has 0 bridgehead atoms. The van der Waals surface area contributed by atoms with E-state index in [1.807, 2.05) is 107 Å². The molecule has 7 rings (SSSR count). The topological polar surface area (TPSA) is 113 Å². The van der Waals surface area contributed by atoms with Gasteiger partial charge in [0.05, 0.1) is 16.9 Å². The number of benzene rings is 7. The first-order valence-electron chi connectivity index (χ1n) is 23.8. The van der Waals surface area contributed by atoms with Gasteiger partial charge >= 0.3 is 0 Å². The summed E-state index contributed by atoms with van der Waals surface area (Å²) < 4.78 is 59.4. The Morgan fingerprint density at radius 2 is 0.962 bits per heavy atom. The van der Waals surface area contributed by atoms with Gasteiger partial charge in [-0.2, -0.15) is 16.8 Å². The van der Waals surface area contributed by atoms with Gasteiger partial charge in [0, 0.05) is 39.3 Å². The number of terminal acetylenes is 7. The van der Waals surface area contributed by atoms with Crippen molar-refractivity contribution in [2.75, 3.05) is 20.3 Å². The minimum absolute atomic E-state index is 0.116. The van der Waals surface area contributed by atoms with Crippen molar-refractivity contribution in [3.63, 3.8) is 0 Å². The minimum atomic E-state index is -3.68. The predicted molar refractivity (Wildman–Crippen MR) is 323 cm³/mol. The molecule has 402 valence electrons. The molecular weight excluding hydrogens is 1040 g/mol. The first-order valence-corrected chi connectivity index (χ1v) is 27.0. The van der Waals surface area contributed by atoms with Gasteiger partial charge in [0.1, 0.15) is 24.7 Å². The smallest absolute Gasteiger partial charge is 0.297 e. The van der Waals surface area contributed by atoms with Crippen molar-refractivity contribution in [1.29, 1.82) is 0 Å². The fourth-order valence-electron chi connectivity index (χ4n) is 6.03. The van der Waals surface area contributed by atoms with E-state index in [9.17, 15) is 21.6 Å². The highest BCUT2D eigenvalue weighted by molar-refractivity contribution is 7.87. The van der Waals surface area contributed by atoms with Gasteiger partial charge in [-0.05, 0) is 173 Å². The van der Waals surface area contributed by atoms with Crippen molar-refractivity contribution in [3.8, 4) is 92.2 Å². The molecule has 0 amide bonds. The van der Waals surface area contributed by atoms with Gasteiger partial charge in [-0.25, -0.2) is 0 Å². The first-order chi connectivity index (χ1) is 37.5. The molecule has 0 fully saturated rings. The fraction of sp³-hybridized carbons (Fsp3) is 0.162. The van der Waals surface area contributed by atoms with Gasteiger partial charge in [-0.1, -0.05) is 125 Å². The molecule has 0 aliphatic carbocycles. The molecule has 8 nitrogen and oxygen atoms in total. The lowest BCUT2D eigenvalue weighted by Crippen LogP contribution is -2.06. The van der Waals surface area contributed by atoms with Gasteiger partial charge in [-0.3, -0.25) is 13.2 Å². The number of hydrogen-bond acceptors (Lipinski definition) is 8. The maximum absolute atomic E-state index is 11.4. The third kappa shape index (κ3) is 27.1. The monoisotopic (exact) mass is 1110 g/mol. The zero-order valence-corrected chi connectivity index (χ0v) is 48.0. The molecule has 0 aliphatic rings. The van der Waals surface area contributed by atoms with Gasteiger partial charge in [-0.15, -0.1) is 45.0 Å². The fourth-order valence-corrected chi connectivity index (χ4v) is 7.84. The van der Waals surface area contributed by atoms with E-state index in [0.29, 0.717) is 11.4 Å². The number of carbonyl (C=O) groups excluding carboxylic acids is 1. The number of Topliss-reactive ketones (excluding diaryl/α,β-unsaturated/α-hetero) is 1. The molecule has 0 unspecified atom stereocenters. The Labute approximate surface area is 476 Å². The molecular formula is C68H63ClO8S2. The predicted octanol–water partition coefficient (Wildman–Crippen LogP) is 13.0. The Balaban J connectivity index is 0.000000463. The Kier molecular flexibility index (Phi) is 31.8. The lowest BCUT2D eigenvalue weighted by Gasteiger charge is -2.03. The number of carbonyl (C=O) groups is 1. The number of methoxy groups -OCH3 is 1. The summed E-state index contributed by atoms with van der Waals surface area (Å²) in [6, 6.07) is 46.6. The van der Waals surface area contributed by atoms with Crippen LogP contribution in [0, 0.1) is 128 Å². The lowest BCUT2D eigenvalue weighted by atomic mass is 10.0. The SMILES string of the molecule is C#CCOS(=O)(=O)c1ccc(C)cc1.C#CCOS(=O)(=O)c1ccccc1.C#Cc1cc(C)c(C)cc1C.C#Cc1ccc(Cl)cc1.C#Cc1ccc(OC)cc1C.C#Cc1cccc(CC(C)=O)c1.C#Cc1ccccc1C. The van der Waals surface area contributed by atoms with E-state index in [1.54, 1.807) is 56.5 Å². The highest BCUT2D eigenvalue weighted by atomic mass is 35.5. The summed E-state index contributed by atoms with van der Waals surface area (Å²) in [5.74, 6) is 18.1. The Hall–Kier alpha value is -8.96. The van der Waals surface area contributed by atoms with Crippen molar-refractivity contribution in [1.82, 2.24) is 0 Å². The van der Waals surface area contributed by atoms with Crippen LogP contribution in [0.4, 0.5) is 0 Å². The largest absolute Gasteiger partial charge is 0.497 e. The second kappa shape index (κ2) is 36.9. The molecule has 79 heavy (non-hydrogen) atoms. The van der Waals surface area contributed by atoms with Crippen molar-refractivity contribution in [2.24, 2.45) is 0 Å². The molecule has 0 aliphatic heterocycles. The maximum atomic E-state index is 11.4. The molecule has 0 heterocycles. The molecule has 0 spiro atoms. The summed E-state index contributed by atoms with van der Waals surface area (Å²) in [5.41, 5.74) is 12.6. The summed E-state index contributed by atoms with van der Waals surface area (Å²) in [5, 5.41) is 0.717. The van der Waals surface area contributed by atoms with E-state index in [1.165, 1.54) is 46.5 Å². The standard InChI is InChI=1S/C11H10O.C11H12.C10H10O3S.C10H10O.C9H8O3S.C9H8.C8H5Cl/c1-3-10-5-4-6-11(8-10)7-9(2)12;1-5-11-7-9(3)8(2)6-10(11)4;1-3-8-13-14(11,12)10-6-4-9(2)5-7-10;1-4-9-5-6-10(11-3)7-8(9)2;1-2-8-12-13(10,11)9-6-4-3-5-7-9;1-3-9-7-5-4-6-8(9)2;1-2-7-3-5-8(9)6-4-7/h1,4-6,8H,7H2,2H3;1,6-7H,2-4H3;1,4-7H,8H2,2H3;1,5-7H,2-3H3;1,3-7H,8H2;1,4-7H,2H3;1,3-6H. The Morgan fingerprint density at radius 1 is 0.468 bits per heavy atom. The maximum Gasteiger partial charge on any atom is 0.297 e. The number of rotatable bonds is 9. The van der Waals surface area contributed by atoms with Crippen LogP contribution in [0.1, 0.15) is 73.7 Å². The second-order valence-electron chi connectivity index (χ2n) is 16.5. The molecule has 0 atom stereocenters. The number of aryl methyl sites for hydroxylation is 6. The molecule has 0 N–H and O–H groups in total. The lowest BCUT2D eigenvalue weighted by molar-refractivity contribution is -0.116. The van der Waals surface area contributed by atoms with E-state index in [0.717, 1.165) is 50.3 Å². The quantitative estimate of drug-likeness (QED) is 0.104. The zero-order valence-electron chi connectivity index (χ0n) is 45.6. The number of hydrogen-bond donors (Lipinski definition) is 0. The highest BCUT2D eigenvalue weighted by Crippen LogP contribution is 2.17. The Morgan fingerprint density at radius 3 is 1.43 bits per heavy atom. The molecule has 0 aromatic heterocycles. The van der Waals surface area contributed by atoms with Crippen LogP contribution in [0.15, 0.2) is 168 Å². The van der Waals surface area contributed by atoms with Crippen LogP contribution in [0.2, 0.25) is 5.02 Å². The van der Waals surface area contributed by atoms with Crippen LogP contribution >= 0.6 is 11.6 Å². The molecule has 0 radical (unpaired) electrons. The van der Waals surface area contributed by atoms with Crippen molar-refractivity contribution < 1.29 is 34.7 Å². The molecule has 0 saturated carbocycles. The summed E-state index contributed by atoms with van der Waals surface area (Å²) in [7, 11) is -5.70.